The van der Waals surface area contributed by atoms with E-state index in [2.05, 4.69) is 36.6 Å². The van der Waals surface area contributed by atoms with Crippen molar-refractivity contribution in [3.8, 4) is 23.2 Å². The molecule has 4 rings (SSSR count). The van der Waals surface area contributed by atoms with E-state index in [1.54, 1.807) is 13.0 Å². The minimum Gasteiger partial charge on any atom is -0.476 e. The zero-order valence-electron chi connectivity index (χ0n) is 18.2. The van der Waals surface area contributed by atoms with Gasteiger partial charge in [-0.05, 0) is 12.5 Å². The number of rotatable bonds is 5. The molecule has 10 nitrogen and oxygen atoms in total. The summed E-state index contributed by atoms with van der Waals surface area (Å²) in [6.07, 6.45) is 0. The number of H-pyrrole nitrogens is 2. The highest BCUT2D eigenvalue weighted by Gasteiger charge is 2.24. The highest BCUT2D eigenvalue weighted by atomic mass is 16.5. The zero-order valence-corrected chi connectivity index (χ0v) is 18.2. The Labute approximate surface area is 183 Å². The van der Waals surface area contributed by atoms with Crippen molar-refractivity contribution in [1.82, 2.24) is 24.8 Å². The van der Waals surface area contributed by atoms with Crippen molar-refractivity contribution >= 4 is 17.2 Å². The van der Waals surface area contributed by atoms with Gasteiger partial charge in [-0.1, -0.05) is 51.1 Å². The van der Waals surface area contributed by atoms with Crippen LogP contribution in [0, 0.1) is 11.3 Å². The third-order valence-electron chi connectivity index (χ3n) is 4.78. The maximum Gasteiger partial charge on any atom is 0.304 e. The molecule has 162 valence electrons. The molecule has 4 aromatic rings. The summed E-state index contributed by atoms with van der Waals surface area (Å²) in [5.74, 6) is 0.158. The van der Waals surface area contributed by atoms with Crippen molar-refractivity contribution in [2.45, 2.75) is 33.1 Å². The number of nitriles is 1. The minimum absolute atomic E-state index is 0.0601. The Kier molecular flexibility index (Phi) is 5.32. The summed E-state index contributed by atoms with van der Waals surface area (Å²) in [7, 11) is 0. The van der Waals surface area contributed by atoms with E-state index in [9.17, 15) is 10.1 Å². The Morgan fingerprint density at radius 2 is 1.97 bits per heavy atom. The average molecular weight is 430 g/mol. The lowest BCUT2D eigenvalue weighted by atomic mass is 9.90. The summed E-state index contributed by atoms with van der Waals surface area (Å²) in [6.45, 7) is 7.94. The predicted octanol–water partition coefficient (Wildman–Crippen LogP) is 4.40. The van der Waals surface area contributed by atoms with Crippen LogP contribution >= 0.6 is 0 Å². The van der Waals surface area contributed by atoms with E-state index in [0.717, 1.165) is 11.3 Å². The van der Waals surface area contributed by atoms with Gasteiger partial charge in [0.25, 0.3) is 0 Å². The molecular weight excluding hydrogens is 408 g/mol. The van der Waals surface area contributed by atoms with E-state index in [4.69, 9.17) is 4.74 Å². The number of hydrogen-bond donors (Lipinski definition) is 2. The van der Waals surface area contributed by atoms with Crippen LogP contribution < -0.4 is 10.3 Å². The van der Waals surface area contributed by atoms with Gasteiger partial charge >= 0.3 is 5.56 Å². The van der Waals surface area contributed by atoms with Crippen LogP contribution in [0.2, 0.25) is 0 Å². The van der Waals surface area contributed by atoms with Crippen molar-refractivity contribution in [2.24, 2.45) is 10.2 Å². The van der Waals surface area contributed by atoms with Gasteiger partial charge in [-0.25, -0.2) is 0 Å². The molecule has 0 aliphatic carbocycles. The van der Waals surface area contributed by atoms with Crippen LogP contribution in [0.3, 0.4) is 0 Å². The van der Waals surface area contributed by atoms with Gasteiger partial charge in [-0.15, -0.1) is 10.2 Å². The molecule has 0 amide bonds. The molecule has 0 radical (unpaired) electrons. The summed E-state index contributed by atoms with van der Waals surface area (Å²) in [5.41, 5.74) is 2.04. The zero-order chi connectivity index (χ0) is 22.9. The fourth-order valence-electron chi connectivity index (χ4n) is 3.23. The van der Waals surface area contributed by atoms with Crippen LogP contribution in [-0.2, 0) is 5.41 Å². The second-order valence-corrected chi connectivity index (χ2v) is 8.09. The van der Waals surface area contributed by atoms with E-state index in [1.807, 2.05) is 51.1 Å². The summed E-state index contributed by atoms with van der Waals surface area (Å²) < 4.78 is 6.85. The van der Waals surface area contributed by atoms with Gasteiger partial charge in [0, 0.05) is 11.5 Å². The lowest BCUT2D eigenvalue weighted by Gasteiger charge is -2.15. The Hall–Kier alpha value is -4.26. The number of fused-ring (bicyclic) bond motifs is 1. The number of aromatic amines is 2. The SMILES string of the molecule is CCOc1nc2cc(-c3ccccc3)[nH]n2c(=O)c1N=Nc1n[nH]c(C(C)(C)C)c1C#N. The predicted molar refractivity (Wildman–Crippen MR) is 119 cm³/mol. The Morgan fingerprint density at radius 3 is 2.62 bits per heavy atom. The van der Waals surface area contributed by atoms with Crippen LogP contribution in [-0.4, -0.2) is 31.4 Å². The van der Waals surface area contributed by atoms with Gasteiger partial charge in [-0.3, -0.25) is 15.0 Å². The van der Waals surface area contributed by atoms with Gasteiger partial charge in [0.05, 0.1) is 18.0 Å². The fourth-order valence-corrected chi connectivity index (χ4v) is 3.23. The second kappa shape index (κ2) is 8.11. The molecule has 2 N–H and O–H groups in total. The molecule has 0 bridgehead atoms. The molecule has 10 heteroatoms. The Morgan fingerprint density at radius 1 is 1.22 bits per heavy atom. The summed E-state index contributed by atoms with van der Waals surface area (Å²) >= 11 is 0. The monoisotopic (exact) mass is 430 g/mol. The molecule has 0 saturated carbocycles. The van der Waals surface area contributed by atoms with Gasteiger partial charge in [0.1, 0.15) is 11.6 Å². The van der Waals surface area contributed by atoms with E-state index in [0.29, 0.717) is 17.9 Å². The molecule has 0 spiro atoms. The second-order valence-electron chi connectivity index (χ2n) is 8.09. The fraction of sp³-hybridized carbons (Fsp3) is 0.273. The molecule has 1 aromatic carbocycles. The number of nitrogens with one attached hydrogen (secondary N) is 2. The third kappa shape index (κ3) is 3.76. The average Bonchev–Trinajstić information content (AvgIpc) is 3.38. The van der Waals surface area contributed by atoms with E-state index in [-0.39, 0.29) is 28.4 Å². The van der Waals surface area contributed by atoms with Crippen LogP contribution in [0.25, 0.3) is 16.9 Å². The van der Waals surface area contributed by atoms with Crippen LogP contribution in [0.15, 0.2) is 51.4 Å². The van der Waals surface area contributed by atoms with E-state index in [1.165, 1.54) is 4.52 Å². The minimum atomic E-state index is -0.477. The third-order valence-corrected chi connectivity index (χ3v) is 4.78. The maximum atomic E-state index is 13.2. The first kappa shape index (κ1) is 21.0. The quantitative estimate of drug-likeness (QED) is 0.452. The number of azo groups is 1. The smallest absolute Gasteiger partial charge is 0.304 e. The highest BCUT2D eigenvalue weighted by molar-refractivity contribution is 5.65. The summed E-state index contributed by atoms with van der Waals surface area (Å²) in [4.78, 5) is 17.6. The van der Waals surface area contributed by atoms with Gasteiger partial charge in [0.15, 0.2) is 5.65 Å². The van der Waals surface area contributed by atoms with Gasteiger partial charge in [0.2, 0.25) is 17.4 Å². The molecule has 0 unspecified atom stereocenters. The number of ether oxygens (including phenoxy) is 1. The van der Waals surface area contributed by atoms with Gasteiger partial charge < -0.3 is 4.74 Å². The normalized spacial score (nSPS) is 11.8. The van der Waals surface area contributed by atoms with Gasteiger partial charge in [-0.2, -0.15) is 19.9 Å². The van der Waals surface area contributed by atoms with Crippen molar-refractivity contribution in [3.63, 3.8) is 0 Å². The molecule has 0 aliphatic rings. The first-order valence-corrected chi connectivity index (χ1v) is 10.1. The van der Waals surface area contributed by atoms with Crippen molar-refractivity contribution in [3.05, 3.63) is 58.0 Å². The number of hydrogen-bond acceptors (Lipinski definition) is 7. The van der Waals surface area contributed by atoms with Crippen LogP contribution in [0.5, 0.6) is 5.88 Å². The molecule has 0 fully saturated rings. The van der Waals surface area contributed by atoms with Crippen molar-refractivity contribution in [1.29, 1.82) is 5.26 Å². The molecule has 0 aliphatic heterocycles. The standard InChI is InChI=1S/C22H22N8O2/c1-5-32-20-17(25-27-19-14(12-23)18(26-28-19)22(2,3)4)21(31)30-16(24-20)11-15(29-30)13-9-7-6-8-10-13/h6-11,29H,5H2,1-4H3,(H,26,28). The lowest BCUT2D eigenvalue weighted by molar-refractivity contribution is 0.327. The lowest BCUT2D eigenvalue weighted by Crippen LogP contribution is -2.16. The first-order valence-electron chi connectivity index (χ1n) is 10.1. The van der Waals surface area contributed by atoms with Crippen molar-refractivity contribution < 1.29 is 4.74 Å². The van der Waals surface area contributed by atoms with Crippen LogP contribution in [0.1, 0.15) is 39.0 Å². The topological polar surface area (TPSA) is 137 Å². The maximum absolute atomic E-state index is 13.2. The number of benzene rings is 1. The molecule has 0 saturated heterocycles. The Bertz CT molecular complexity index is 1400. The Balaban J connectivity index is 1.83. The van der Waals surface area contributed by atoms with Crippen molar-refractivity contribution in [2.75, 3.05) is 6.61 Å². The number of aromatic nitrogens is 5. The summed E-state index contributed by atoms with van der Waals surface area (Å²) in [6, 6.07) is 13.4. The first-order chi connectivity index (χ1) is 15.3. The van der Waals surface area contributed by atoms with Crippen LogP contribution in [0.4, 0.5) is 11.5 Å². The molecule has 3 heterocycles. The highest BCUT2D eigenvalue weighted by Crippen LogP contribution is 2.31. The van der Waals surface area contributed by atoms with E-state index < -0.39 is 5.56 Å². The van der Waals surface area contributed by atoms with E-state index >= 15 is 0 Å². The number of nitrogens with zero attached hydrogens (tertiary/aromatic N) is 6. The molecule has 3 aromatic heterocycles. The summed E-state index contributed by atoms with van der Waals surface area (Å²) in [5, 5.41) is 27.7. The molecule has 32 heavy (non-hydrogen) atoms. The largest absolute Gasteiger partial charge is 0.476 e. The molecule has 0 atom stereocenters. The molecular formula is C22H22N8O2.